The molecule has 1 aromatic carbocycles. The summed E-state index contributed by atoms with van der Waals surface area (Å²) in [7, 11) is 1.27. The SMILES string of the molecule is Cc1c(F)cc(C(=O)NCCC(O)(c2nccn2C)C(F)(F)F)cc1[N+](=O)[O-]. The van der Waals surface area contributed by atoms with Gasteiger partial charge in [-0.15, -0.1) is 0 Å². The molecule has 1 amide bonds. The molecule has 12 heteroatoms. The number of imidazole rings is 1. The van der Waals surface area contributed by atoms with E-state index in [2.05, 4.69) is 10.3 Å². The van der Waals surface area contributed by atoms with Crippen molar-refractivity contribution in [1.82, 2.24) is 14.9 Å². The normalized spacial score (nSPS) is 13.8. The van der Waals surface area contributed by atoms with Crippen LogP contribution in [0.1, 0.15) is 28.2 Å². The van der Waals surface area contributed by atoms with Gasteiger partial charge >= 0.3 is 6.18 Å². The van der Waals surface area contributed by atoms with Crippen molar-refractivity contribution in [2.45, 2.75) is 25.1 Å². The Hall–Kier alpha value is -3.02. The molecule has 0 aliphatic heterocycles. The molecule has 0 fully saturated rings. The van der Waals surface area contributed by atoms with Gasteiger partial charge in [-0.2, -0.15) is 13.2 Å². The number of rotatable bonds is 6. The lowest BCUT2D eigenvalue weighted by Crippen LogP contribution is -2.46. The fraction of sp³-hybridized carbons (Fsp3) is 0.375. The highest BCUT2D eigenvalue weighted by atomic mass is 19.4. The maximum atomic E-state index is 13.8. The van der Waals surface area contributed by atoms with Gasteiger partial charge in [0.05, 0.1) is 10.5 Å². The Morgan fingerprint density at radius 1 is 1.39 bits per heavy atom. The average molecular weight is 404 g/mol. The second kappa shape index (κ2) is 7.54. The Morgan fingerprint density at radius 2 is 2.04 bits per heavy atom. The zero-order valence-electron chi connectivity index (χ0n) is 14.7. The summed E-state index contributed by atoms with van der Waals surface area (Å²) in [6.07, 6.45) is -3.74. The number of nitro benzene ring substituents is 1. The molecule has 1 atom stereocenters. The minimum atomic E-state index is -5.08. The highest BCUT2D eigenvalue weighted by Gasteiger charge is 2.57. The molecule has 1 unspecified atom stereocenters. The number of nitro groups is 1. The summed E-state index contributed by atoms with van der Waals surface area (Å²) in [5.74, 6) is -2.68. The maximum Gasteiger partial charge on any atom is 0.424 e. The molecule has 2 aromatic rings. The van der Waals surface area contributed by atoms with Gasteiger partial charge in [-0.1, -0.05) is 0 Å². The van der Waals surface area contributed by atoms with Gasteiger partial charge < -0.3 is 15.0 Å². The minimum Gasteiger partial charge on any atom is -0.374 e. The number of amides is 1. The van der Waals surface area contributed by atoms with Crippen molar-refractivity contribution in [2.24, 2.45) is 7.05 Å². The highest BCUT2D eigenvalue weighted by molar-refractivity contribution is 5.95. The molecular formula is C16H16F4N4O4. The summed E-state index contributed by atoms with van der Waals surface area (Å²) in [5, 5.41) is 23.2. The van der Waals surface area contributed by atoms with E-state index < -0.39 is 58.5 Å². The molecule has 0 saturated carbocycles. The van der Waals surface area contributed by atoms with Crippen LogP contribution in [0, 0.1) is 22.9 Å². The number of carbonyl (C=O) groups excluding carboxylic acids is 1. The number of carbonyl (C=O) groups is 1. The van der Waals surface area contributed by atoms with Gasteiger partial charge in [0.1, 0.15) is 11.6 Å². The lowest BCUT2D eigenvalue weighted by Gasteiger charge is -2.29. The molecule has 0 radical (unpaired) electrons. The molecule has 1 aromatic heterocycles. The number of alkyl halides is 3. The van der Waals surface area contributed by atoms with Crippen LogP contribution in [0.5, 0.6) is 0 Å². The second-order valence-electron chi connectivity index (χ2n) is 6.08. The molecule has 0 saturated heterocycles. The third kappa shape index (κ3) is 3.96. The van der Waals surface area contributed by atoms with E-state index in [9.17, 15) is 37.6 Å². The van der Waals surface area contributed by atoms with Crippen LogP contribution in [0.15, 0.2) is 24.5 Å². The topological polar surface area (TPSA) is 110 Å². The Bertz CT molecular complexity index is 913. The first-order valence-electron chi connectivity index (χ1n) is 7.88. The monoisotopic (exact) mass is 404 g/mol. The first-order valence-corrected chi connectivity index (χ1v) is 7.88. The molecule has 0 aliphatic carbocycles. The lowest BCUT2D eigenvalue weighted by molar-refractivity contribution is -0.385. The number of nitrogens with zero attached hydrogens (tertiary/aromatic N) is 3. The molecule has 0 spiro atoms. The number of halogens is 4. The van der Waals surface area contributed by atoms with E-state index in [4.69, 9.17) is 0 Å². The number of nitrogens with one attached hydrogen (secondary N) is 1. The summed E-state index contributed by atoms with van der Waals surface area (Å²) in [4.78, 5) is 25.6. The van der Waals surface area contributed by atoms with Crippen molar-refractivity contribution in [1.29, 1.82) is 0 Å². The number of aryl methyl sites for hydroxylation is 1. The van der Waals surface area contributed by atoms with Crippen molar-refractivity contribution in [2.75, 3.05) is 6.54 Å². The van der Waals surface area contributed by atoms with E-state index in [1.807, 2.05) is 0 Å². The third-order valence-electron chi connectivity index (χ3n) is 4.21. The minimum absolute atomic E-state index is 0.275. The summed E-state index contributed by atoms with van der Waals surface area (Å²) < 4.78 is 54.9. The summed E-state index contributed by atoms with van der Waals surface area (Å²) in [6, 6.07) is 1.56. The van der Waals surface area contributed by atoms with E-state index >= 15 is 0 Å². The zero-order chi connectivity index (χ0) is 21.3. The molecule has 8 nitrogen and oxygen atoms in total. The smallest absolute Gasteiger partial charge is 0.374 e. The van der Waals surface area contributed by atoms with E-state index in [-0.39, 0.29) is 5.56 Å². The number of benzene rings is 1. The van der Waals surface area contributed by atoms with Gasteiger partial charge in [0.2, 0.25) is 5.60 Å². The fourth-order valence-electron chi connectivity index (χ4n) is 2.59. The molecule has 2 N–H and O–H groups in total. The molecule has 2 rings (SSSR count). The molecule has 152 valence electrons. The second-order valence-corrected chi connectivity index (χ2v) is 6.08. The van der Waals surface area contributed by atoms with Crippen LogP contribution >= 0.6 is 0 Å². The van der Waals surface area contributed by atoms with Crippen LogP contribution in [0.2, 0.25) is 0 Å². The third-order valence-corrected chi connectivity index (χ3v) is 4.21. The van der Waals surface area contributed by atoms with Crippen molar-refractivity contribution in [3.8, 4) is 0 Å². The average Bonchev–Trinajstić information content (AvgIpc) is 3.02. The number of hydrogen-bond acceptors (Lipinski definition) is 5. The standard InChI is InChI=1S/C16H16F4N4O4/c1-9-11(17)7-10(8-12(9)24(27)28)13(25)21-4-3-15(26,16(18,19)20)14-22-5-6-23(14)2/h5-8,26H,3-4H2,1-2H3,(H,21,25). The van der Waals surface area contributed by atoms with Crippen LogP contribution in [-0.4, -0.2) is 38.2 Å². The van der Waals surface area contributed by atoms with E-state index in [0.29, 0.717) is 0 Å². The van der Waals surface area contributed by atoms with Crippen LogP contribution < -0.4 is 5.32 Å². The first-order chi connectivity index (χ1) is 12.9. The van der Waals surface area contributed by atoms with Crippen molar-refractivity contribution >= 4 is 11.6 Å². The Morgan fingerprint density at radius 3 is 2.54 bits per heavy atom. The van der Waals surface area contributed by atoms with Gasteiger partial charge in [-0.25, -0.2) is 9.37 Å². The summed E-state index contributed by atoms with van der Waals surface area (Å²) in [5.41, 5.74) is -4.67. The maximum absolute atomic E-state index is 13.8. The fourth-order valence-corrected chi connectivity index (χ4v) is 2.59. The van der Waals surface area contributed by atoms with Crippen molar-refractivity contribution < 1.29 is 32.4 Å². The van der Waals surface area contributed by atoms with Crippen LogP contribution in [-0.2, 0) is 12.6 Å². The molecule has 0 aliphatic rings. The number of hydrogen-bond donors (Lipinski definition) is 2. The van der Waals surface area contributed by atoms with Crippen LogP contribution in [0.25, 0.3) is 0 Å². The quantitative estimate of drug-likeness (QED) is 0.436. The van der Waals surface area contributed by atoms with Crippen LogP contribution in [0.4, 0.5) is 23.2 Å². The molecule has 0 bridgehead atoms. The van der Waals surface area contributed by atoms with Crippen LogP contribution in [0.3, 0.4) is 0 Å². The Balaban J connectivity index is 2.18. The van der Waals surface area contributed by atoms with E-state index in [1.165, 1.54) is 13.2 Å². The van der Waals surface area contributed by atoms with Gasteiger partial charge in [0, 0.05) is 44.0 Å². The van der Waals surface area contributed by atoms with Gasteiger partial charge in [-0.3, -0.25) is 14.9 Å². The van der Waals surface area contributed by atoms with Gasteiger partial charge in [0.25, 0.3) is 11.6 Å². The van der Waals surface area contributed by atoms with E-state index in [0.717, 1.165) is 29.8 Å². The molecule has 28 heavy (non-hydrogen) atoms. The van der Waals surface area contributed by atoms with E-state index in [1.54, 1.807) is 0 Å². The lowest BCUT2D eigenvalue weighted by atomic mass is 9.97. The number of aliphatic hydroxyl groups is 1. The van der Waals surface area contributed by atoms with Gasteiger partial charge in [0.15, 0.2) is 0 Å². The molecule has 1 heterocycles. The summed E-state index contributed by atoms with van der Waals surface area (Å²) in [6.45, 7) is 0.510. The zero-order valence-corrected chi connectivity index (χ0v) is 14.7. The predicted molar refractivity (Wildman–Crippen MR) is 87.9 cm³/mol. The highest BCUT2D eigenvalue weighted by Crippen LogP contribution is 2.40. The van der Waals surface area contributed by atoms with Crippen molar-refractivity contribution in [3.05, 3.63) is 57.4 Å². The first kappa shape index (κ1) is 21.3. The Labute approximate surface area is 156 Å². The van der Waals surface area contributed by atoms with Crippen molar-refractivity contribution in [3.63, 3.8) is 0 Å². The summed E-state index contributed by atoms with van der Waals surface area (Å²) >= 11 is 0. The Kier molecular flexibility index (Phi) is 5.73. The molecular weight excluding hydrogens is 388 g/mol. The largest absolute Gasteiger partial charge is 0.424 e. The predicted octanol–water partition coefficient (Wildman–Crippen LogP) is 2.35. The van der Waals surface area contributed by atoms with Gasteiger partial charge in [-0.05, 0) is 13.0 Å². The number of aromatic nitrogens is 2.